The molecule has 4 nitrogen and oxygen atoms in total. The van der Waals surface area contributed by atoms with Gasteiger partial charge in [0.2, 0.25) is 0 Å². The van der Waals surface area contributed by atoms with E-state index in [0.717, 1.165) is 5.56 Å². The summed E-state index contributed by atoms with van der Waals surface area (Å²) in [7, 11) is -3.85. The number of benzene rings is 1. The standard InChI is InChI=1S/C13H21NO3S/c1-11-5-7-12(8-6-11)13(2,3)14-9-4-10-18(15,16)17/h5-8,14H,4,9-10H2,1-3H3,(H,15,16,17). The fourth-order valence-corrected chi connectivity index (χ4v) is 2.24. The first kappa shape index (κ1) is 15.1. The predicted molar refractivity (Wildman–Crippen MR) is 73.2 cm³/mol. The smallest absolute Gasteiger partial charge is 0.264 e. The zero-order valence-electron chi connectivity index (χ0n) is 11.1. The fourth-order valence-electron chi connectivity index (χ4n) is 1.73. The van der Waals surface area contributed by atoms with Crippen LogP contribution in [0.15, 0.2) is 24.3 Å². The lowest BCUT2D eigenvalue weighted by Crippen LogP contribution is -2.37. The quantitative estimate of drug-likeness (QED) is 0.614. The topological polar surface area (TPSA) is 66.4 Å². The van der Waals surface area contributed by atoms with Crippen molar-refractivity contribution >= 4 is 10.1 Å². The van der Waals surface area contributed by atoms with Gasteiger partial charge in [0, 0.05) is 5.54 Å². The molecule has 102 valence electrons. The normalized spacial score (nSPS) is 12.7. The summed E-state index contributed by atoms with van der Waals surface area (Å²) in [6.07, 6.45) is 0.397. The molecule has 0 aromatic heterocycles. The average molecular weight is 271 g/mol. The van der Waals surface area contributed by atoms with Crippen molar-refractivity contribution in [1.29, 1.82) is 0 Å². The van der Waals surface area contributed by atoms with Gasteiger partial charge in [0.15, 0.2) is 0 Å². The monoisotopic (exact) mass is 271 g/mol. The van der Waals surface area contributed by atoms with E-state index < -0.39 is 10.1 Å². The Morgan fingerprint density at radius 1 is 1.22 bits per heavy atom. The van der Waals surface area contributed by atoms with Crippen LogP contribution in [0.4, 0.5) is 0 Å². The number of hydrogen-bond acceptors (Lipinski definition) is 3. The van der Waals surface area contributed by atoms with Gasteiger partial charge in [-0.1, -0.05) is 29.8 Å². The third-order valence-corrected chi connectivity index (χ3v) is 3.72. The Labute approximate surface area is 109 Å². The van der Waals surface area contributed by atoms with E-state index in [1.807, 2.05) is 20.8 Å². The maximum absolute atomic E-state index is 10.6. The van der Waals surface area contributed by atoms with Crippen molar-refractivity contribution in [1.82, 2.24) is 5.32 Å². The zero-order chi connectivity index (χ0) is 13.8. The molecule has 0 aliphatic rings. The van der Waals surface area contributed by atoms with Gasteiger partial charge >= 0.3 is 0 Å². The second kappa shape index (κ2) is 5.82. The molecule has 0 aliphatic heterocycles. The van der Waals surface area contributed by atoms with Crippen molar-refractivity contribution < 1.29 is 13.0 Å². The number of aryl methyl sites for hydroxylation is 1. The number of nitrogens with one attached hydrogen (secondary N) is 1. The first-order valence-corrected chi connectivity index (χ1v) is 7.59. The summed E-state index contributed by atoms with van der Waals surface area (Å²) in [5, 5.41) is 3.29. The molecule has 0 amide bonds. The van der Waals surface area contributed by atoms with Crippen molar-refractivity contribution in [2.75, 3.05) is 12.3 Å². The van der Waals surface area contributed by atoms with E-state index in [4.69, 9.17) is 4.55 Å². The molecule has 0 unspecified atom stereocenters. The molecule has 0 bridgehead atoms. The van der Waals surface area contributed by atoms with Crippen LogP contribution in [0, 0.1) is 6.92 Å². The van der Waals surface area contributed by atoms with Gasteiger partial charge < -0.3 is 5.32 Å². The van der Waals surface area contributed by atoms with Crippen molar-refractivity contribution in [3.63, 3.8) is 0 Å². The Morgan fingerprint density at radius 2 is 1.78 bits per heavy atom. The summed E-state index contributed by atoms with van der Waals surface area (Å²) in [5.74, 6) is -0.204. The van der Waals surface area contributed by atoms with E-state index in [9.17, 15) is 8.42 Å². The van der Waals surface area contributed by atoms with Crippen LogP contribution < -0.4 is 5.32 Å². The summed E-state index contributed by atoms with van der Waals surface area (Å²) in [6, 6.07) is 8.23. The molecule has 0 heterocycles. The molecule has 0 atom stereocenters. The largest absolute Gasteiger partial charge is 0.308 e. The van der Waals surface area contributed by atoms with Gasteiger partial charge in [-0.3, -0.25) is 4.55 Å². The van der Waals surface area contributed by atoms with Gasteiger partial charge in [-0.25, -0.2) is 0 Å². The lowest BCUT2D eigenvalue weighted by Gasteiger charge is -2.27. The molecule has 18 heavy (non-hydrogen) atoms. The minimum atomic E-state index is -3.85. The summed E-state index contributed by atoms with van der Waals surface area (Å²) in [4.78, 5) is 0. The molecule has 0 radical (unpaired) electrons. The molecular weight excluding hydrogens is 250 g/mol. The fraction of sp³-hybridized carbons (Fsp3) is 0.538. The Bertz CT molecular complexity index is 477. The molecule has 5 heteroatoms. The molecule has 0 saturated heterocycles. The molecule has 0 aliphatic carbocycles. The van der Waals surface area contributed by atoms with Gasteiger partial charge in [0.25, 0.3) is 10.1 Å². The summed E-state index contributed by atoms with van der Waals surface area (Å²) in [6.45, 7) is 6.67. The second-order valence-corrected chi connectivity index (χ2v) is 6.63. The first-order valence-electron chi connectivity index (χ1n) is 5.98. The summed E-state index contributed by atoms with van der Waals surface area (Å²) >= 11 is 0. The molecule has 0 fully saturated rings. The molecule has 0 saturated carbocycles. The Hall–Kier alpha value is -0.910. The van der Waals surface area contributed by atoms with Crippen LogP contribution in [0.5, 0.6) is 0 Å². The van der Waals surface area contributed by atoms with Crippen molar-refractivity contribution in [3.05, 3.63) is 35.4 Å². The lowest BCUT2D eigenvalue weighted by molar-refractivity contribution is 0.401. The Kier molecular flexibility index (Phi) is 4.90. The highest BCUT2D eigenvalue weighted by molar-refractivity contribution is 7.85. The highest BCUT2D eigenvalue weighted by atomic mass is 32.2. The van der Waals surface area contributed by atoms with Gasteiger partial charge in [-0.2, -0.15) is 8.42 Å². The predicted octanol–water partition coefficient (Wildman–Crippen LogP) is 2.10. The van der Waals surface area contributed by atoms with Gasteiger partial charge in [0.1, 0.15) is 0 Å². The van der Waals surface area contributed by atoms with Crippen LogP contribution in [-0.4, -0.2) is 25.3 Å². The number of rotatable bonds is 6. The Morgan fingerprint density at radius 3 is 2.28 bits per heavy atom. The van der Waals surface area contributed by atoms with Crippen molar-refractivity contribution in [2.24, 2.45) is 0 Å². The highest BCUT2D eigenvalue weighted by Gasteiger charge is 2.19. The third kappa shape index (κ3) is 5.16. The first-order chi connectivity index (χ1) is 8.21. The van der Waals surface area contributed by atoms with E-state index >= 15 is 0 Å². The molecule has 1 aromatic carbocycles. The molecule has 0 spiro atoms. The maximum atomic E-state index is 10.6. The average Bonchev–Trinajstić information content (AvgIpc) is 2.24. The van der Waals surface area contributed by atoms with E-state index in [2.05, 4.69) is 29.6 Å². The van der Waals surface area contributed by atoms with Crippen LogP contribution in [0.3, 0.4) is 0 Å². The Balaban J connectivity index is 2.52. The van der Waals surface area contributed by atoms with Crippen molar-refractivity contribution in [3.8, 4) is 0 Å². The third-order valence-electron chi connectivity index (χ3n) is 2.92. The van der Waals surface area contributed by atoms with Crippen LogP contribution in [-0.2, 0) is 15.7 Å². The van der Waals surface area contributed by atoms with Crippen LogP contribution in [0.1, 0.15) is 31.4 Å². The van der Waals surface area contributed by atoms with E-state index in [-0.39, 0.29) is 11.3 Å². The second-order valence-electron chi connectivity index (χ2n) is 5.06. The minimum absolute atomic E-state index is 0.204. The van der Waals surface area contributed by atoms with Crippen LogP contribution >= 0.6 is 0 Å². The lowest BCUT2D eigenvalue weighted by atomic mass is 9.93. The highest BCUT2D eigenvalue weighted by Crippen LogP contribution is 2.20. The van der Waals surface area contributed by atoms with Crippen LogP contribution in [0.2, 0.25) is 0 Å². The van der Waals surface area contributed by atoms with Gasteiger partial charge in [-0.15, -0.1) is 0 Å². The van der Waals surface area contributed by atoms with Gasteiger partial charge in [0.05, 0.1) is 5.75 Å². The minimum Gasteiger partial charge on any atom is -0.308 e. The maximum Gasteiger partial charge on any atom is 0.264 e. The van der Waals surface area contributed by atoms with E-state index in [0.29, 0.717) is 13.0 Å². The molecule has 1 aromatic rings. The molecule has 2 N–H and O–H groups in total. The van der Waals surface area contributed by atoms with Gasteiger partial charge in [-0.05, 0) is 39.3 Å². The SMILES string of the molecule is Cc1ccc(C(C)(C)NCCCS(=O)(=O)O)cc1. The van der Waals surface area contributed by atoms with Crippen molar-refractivity contribution in [2.45, 2.75) is 32.7 Å². The zero-order valence-corrected chi connectivity index (χ0v) is 11.9. The number of hydrogen-bond donors (Lipinski definition) is 2. The van der Waals surface area contributed by atoms with E-state index in [1.165, 1.54) is 5.56 Å². The molecular formula is C13H21NO3S. The summed E-state index contributed by atoms with van der Waals surface area (Å²) in [5.41, 5.74) is 2.15. The van der Waals surface area contributed by atoms with Crippen LogP contribution in [0.25, 0.3) is 0 Å². The molecule has 1 rings (SSSR count). The summed E-state index contributed by atoms with van der Waals surface area (Å²) < 4.78 is 29.8. The van der Waals surface area contributed by atoms with E-state index in [1.54, 1.807) is 0 Å².